The molecule has 0 aliphatic heterocycles. The van der Waals surface area contributed by atoms with E-state index in [1.807, 2.05) is 6.92 Å². The van der Waals surface area contributed by atoms with Gasteiger partial charge in [-0.15, -0.1) is 0 Å². The van der Waals surface area contributed by atoms with Crippen LogP contribution in [0.4, 0.5) is 16.3 Å². The van der Waals surface area contributed by atoms with E-state index in [9.17, 15) is 4.79 Å². The minimum Gasteiger partial charge on any atom is -0.397 e. The summed E-state index contributed by atoms with van der Waals surface area (Å²) in [5, 5.41) is 4.97. The molecule has 5 nitrogen and oxygen atoms in total. The molecule has 0 spiro atoms. The number of aryl methyl sites for hydroxylation is 1. The molecule has 0 bridgehead atoms. The largest absolute Gasteiger partial charge is 0.397 e. The maximum Gasteiger partial charge on any atom is 0.320 e. The van der Waals surface area contributed by atoms with Crippen LogP contribution in [-0.2, 0) is 0 Å². The smallest absolute Gasteiger partial charge is 0.320 e. The van der Waals surface area contributed by atoms with E-state index >= 15 is 0 Å². The summed E-state index contributed by atoms with van der Waals surface area (Å²) in [6.45, 7) is 1.85. The van der Waals surface area contributed by atoms with Gasteiger partial charge in [0.2, 0.25) is 0 Å². The van der Waals surface area contributed by atoms with Crippen molar-refractivity contribution in [3.63, 3.8) is 0 Å². The first-order valence-corrected chi connectivity index (χ1v) is 3.84. The van der Waals surface area contributed by atoms with Gasteiger partial charge in [-0.05, 0) is 18.6 Å². The van der Waals surface area contributed by atoms with E-state index in [4.69, 9.17) is 5.73 Å². The molecule has 0 aromatic carbocycles. The number of amides is 2. The topological polar surface area (TPSA) is 80.0 Å². The number of nitrogens with one attached hydrogen (secondary N) is 2. The van der Waals surface area contributed by atoms with Crippen molar-refractivity contribution in [3.05, 3.63) is 17.8 Å². The average Bonchev–Trinajstić information content (AvgIpc) is 2.11. The maximum atomic E-state index is 10.9. The number of hydrogen-bond acceptors (Lipinski definition) is 3. The molecule has 0 saturated heterocycles. The summed E-state index contributed by atoms with van der Waals surface area (Å²) in [5.74, 6) is 0.492. The summed E-state index contributed by atoms with van der Waals surface area (Å²) in [6, 6.07) is 1.42. The lowest BCUT2D eigenvalue weighted by atomic mass is 10.2. The van der Waals surface area contributed by atoms with Crippen LogP contribution < -0.4 is 16.4 Å². The number of carbonyl (C=O) groups excluding carboxylic acids is 1. The van der Waals surface area contributed by atoms with Crippen molar-refractivity contribution in [1.29, 1.82) is 0 Å². The van der Waals surface area contributed by atoms with Gasteiger partial charge in [0.25, 0.3) is 0 Å². The van der Waals surface area contributed by atoms with Gasteiger partial charge in [0.05, 0.1) is 11.9 Å². The van der Waals surface area contributed by atoms with Crippen molar-refractivity contribution in [2.45, 2.75) is 6.92 Å². The highest BCUT2D eigenvalue weighted by Gasteiger charge is 2.01. The van der Waals surface area contributed by atoms with Crippen molar-refractivity contribution in [3.8, 4) is 0 Å². The molecule has 0 aliphatic carbocycles. The van der Waals surface area contributed by atoms with Crippen molar-refractivity contribution in [2.75, 3.05) is 18.1 Å². The second-order valence-corrected chi connectivity index (χ2v) is 2.63. The molecule has 1 aromatic heterocycles. The lowest BCUT2D eigenvalue weighted by molar-refractivity contribution is 0.254. The van der Waals surface area contributed by atoms with Crippen molar-refractivity contribution >= 4 is 17.5 Å². The molecule has 0 unspecified atom stereocenters. The lowest BCUT2D eigenvalue weighted by Crippen LogP contribution is -2.25. The first-order valence-electron chi connectivity index (χ1n) is 3.84. The number of pyridine rings is 1. The molecule has 13 heavy (non-hydrogen) atoms. The zero-order chi connectivity index (χ0) is 9.84. The zero-order valence-electron chi connectivity index (χ0n) is 7.59. The lowest BCUT2D eigenvalue weighted by Gasteiger charge is -2.05. The van der Waals surface area contributed by atoms with E-state index in [0.29, 0.717) is 11.5 Å². The number of nitrogens with zero attached hydrogens (tertiary/aromatic N) is 1. The Morgan fingerprint density at radius 2 is 2.31 bits per heavy atom. The summed E-state index contributed by atoms with van der Waals surface area (Å²) in [6.07, 6.45) is 1.51. The van der Waals surface area contributed by atoms with Crippen molar-refractivity contribution in [2.24, 2.45) is 0 Å². The van der Waals surface area contributed by atoms with Gasteiger partial charge >= 0.3 is 6.03 Å². The fourth-order valence-corrected chi connectivity index (χ4v) is 0.814. The Hall–Kier alpha value is -1.78. The van der Waals surface area contributed by atoms with E-state index in [1.165, 1.54) is 6.20 Å². The predicted molar refractivity (Wildman–Crippen MR) is 51.5 cm³/mol. The number of nitrogens with two attached hydrogens (primary N) is 1. The van der Waals surface area contributed by atoms with E-state index in [2.05, 4.69) is 15.6 Å². The summed E-state index contributed by atoms with van der Waals surface area (Å²) in [5.41, 5.74) is 7.06. The van der Waals surface area contributed by atoms with Gasteiger partial charge < -0.3 is 11.1 Å². The molecular weight excluding hydrogens is 168 g/mol. The predicted octanol–water partition coefficient (Wildman–Crippen LogP) is 0.724. The molecule has 1 heterocycles. The van der Waals surface area contributed by atoms with Gasteiger partial charge in [0.1, 0.15) is 5.82 Å². The standard InChI is InChI=1S/C8H12N4O/c1-5-3-7(11-4-6(5)9)12-8(13)10-2/h3-4H,9H2,1-2H3,(H2,10,11,12,13). The second kappa shape index (κ2) is 3.75. The van der Waals surface area contributed by atoms with Crippen LogP contribution in [0.3, 0.4) is 0 Å². The second-order valence-electron chi connectivity index (χ2n) is 2.63. The van der Waals surface area contributed by atoms with Crippen LogP contribution in [-0.4, -0.2) is 18.1 Å². The third kappa shape index (κ3) is 2.33. The molecule has 0 atom stereocenters. The first-order chi connectivity index (χ1) is 6.13. The van der Waals surface area contributed by atoms with Gasteiger partial charge in [-0.3, -0.25) is 5.32 Å². The minimum atomic E-state index is -0.295. The molecular formula is C8H12N4O. The van der Waals surface area contributed by atoms with Crippen LogP contribution in [0.2, 0.25) is 0 Å². The van der Waals surface area contributed by atoms with E-state index < -0.39 is 0 Å². The van der Waals surface area contributed by atoms with Crippen LogP contribution in [0.1, 0.15) is 5.56 Å². The van der Waals surface area contributed by atoms with Gasteiger partial charge in [0.15, 0.2) is 0 Å². The Labute approximate surface area is 76.3 Å². The number of rotatable bonds is 1. The number of aromatic nitrogens is 1. The van der Waals surface area contributed by atoms with Gasteiger partial charge in [-0.2, -0.15) is 0 Å². The average molecular weight is 180 g/mol. The number of urea groups is 1. The fourth-order valence-electron chi connectivity index (χ4n) is 0.814. The van der Waals surface area contributed by atoms with Crippen LogP contribution in [0.5, 0.6) is 0 Å². The molecule has 2 amide bonds. The van der Waals surface area contributed by atoms with Crippen LogP contribution in [0, 0.1) is 6.92 Å². The normalized spacial score (nSPS) is 9.38. The highest BCUT2D eigenvalue weighted by atomic mass is 16.2. The minimum absolute atomic E-state index is 0.295. The third-order valence-corrected chi connectivity index (χ3v) is 1.62. The summed E-state index contributed by atoms with van der Waals surface area (Å²) in [4.78, 5) is 14.8. The number of hydrogen-bond donors (Lipinski definition) is 3. The Morgan fingerprint density at radius 1 is 1.62 bits per heavy atom. The molecule has 4 N–H and O–H groups in total. The van der Waals surface area contributed by atoms with Crippen molar-refractivity contribution < 1.29 is 4.79 Å². The van der Waals surface area contributed by atoms with E-state index in [-0.39, 0.29) is 6.03 Å². The highest BCUT2D eigenvalue weighted by Crippen LogP contribution is 2.12. The van der Waals surface area contributed by atoms with Gasteiger partial charge in [0, 0.05) is 7.05 Å². The van der Waals surface area contributed by atoms with Crippen molar-refractivity contribution in [1.82, 2.24) is 10.3 Å². The van der Waals surface area contributed by atoms with Crippen LogP contribution in [0.25, 0.3) is 0 Å². The SMILES string of the molecule is CNC(=O)Nc1cc(C)c(N)cn1. The summed E-state index contributed by atoms with van der Waals surface area (Å²) >= 11 is 0. The number of carbonyl (C=O) groups is 1. The first kappa shape index (κ1) is 9.31. The molecule has 0 radical (unpaired) electrons. The molecule has 70 valence electrons. The fraction of sp³-hybridized carbons (Fsp3) is 0.250. The summed E-state index contributed by atoms with van der Waals surface area (Å²) in [7, 11) is 1.54. The monoisotopic (exact) mass is 180 g/mol. The molecule has 0 fully saturated rings. The zero-order valence-corrected chi connectivity index (χ0v) is 7.59. The molecule has 1 rings (SSSR count). The van der Waals surface area contributed by atoms with Gasteiger partial charge in [-0.1, -0.05) is 0 Å². The van der Waals surface area contributed by atoms with Gasteiger partial charge in [-0.25, -0.2) is 9.78 Å². The highest BCUT2D eigenvalue weighted by molar-refractivity contribution is 5.88. The maximum absolute atomic E-state index is 10.9. The molecule has 5 heteroatoms. The number of nitrogen functional groups attached to an aromatic ring is 1. The quantitative estimate of drug-likeness (QED) is 0.595. The summed E-state index contributed by atoms with van der Waals surface area (Å²) < 4.78 is 0. The Morgan fingerprint density at radius 3 is 2.85 bits per heavy atom. The Balaban J connectivity index is 2.79. The Kier molecular flexibility index (Phi) is 2.69. The Bertz CT molecular complexity index is 324. The third-order valence-electron chi connectivity index (χ3n) is 1.62. The molecule has 1 aromatic rings. The van der Waals surface area contributed by atoms with Crippen LogP contribution >= 0.6 is 0 Å². The van der Waals surface area contributed by atoms with E-state index in [0.717, 1.165) is 5.56 Å². The van der Waals surface area contributed by atoms with E-state index in [1.54, 1.807) is 13.1 Å². The van der Waals surface area contributed by atoms with Crippen LogP contribution in [0.15, 0.2) is 12.3 Å². The molecule has 0 saturated carbocycles. The molecule has 0 aliphatic rings. The number of anilines is 2.